The summed E-state index contributed by atoms with van der Waals surface area (Å²) in [7, 11) is 1.45. The minimum atomic E-state index is -1.59. The van der Waals surface area contributed by atoms with Crippen LogP contribution in [-0.4, -0.2) is 17.7 Å². The monoisotopic (exact) mass is 185 g/mol. The Morgan fingerprint density at radius 3 is 2.77 bits per heavy atom. The molecule has 0 aromatic heterocycles. The molecule has 0 bridgehead atoms. The van der Waals surface area contributed by atoms with Gasteiger partial charge in [0, 0.05) is 11.0 Å². The van der Waals surface area contributed by atoms with Gasteiger partial charge >= 0.3 is 0 Å². The Morgan fingerprint density at radius 1 is 1.77 bits per heavy atom. The van der Waals surface area contributed by atoms with E-state index in [4.69, 9.17) is 16.2 Å². The lowest BCUT2D eigenvalue weighted by Gasteiger charge is -2.21. The number of hydrogen-bond acceptors (Lipinski definition) is 5. The number of ether oxygens (including phenoxy) is 1. The number of hydrogen-bond donors (Lipinski definition) is 2. The molecule has 0 aromatic carbocycles. The van der Waals surface area contributed by atoms with Gasteiger partial charge in [-0.2, -0.15) is 0 Å². The van der Waals surface area contributed by atoms with Crippen molar-refractivity contribution in [3.8, 4) is 0 Å². The molecule has 72 valence electrons. The van der Waals surface area contributed by atoms with Gasteiger partial charge in [0.1, 0.15) is 5.76 Å². The number of nitrogens with zero attached hydrogens (tertiary/aromatic N) is 1. The molecule has 0 radical (unpaired) electrons. The fourth-order valence-corrected chi connectivity index (χ4v) is 1.10. The SMILES string of the molecule is COC1=C(N)CC(N)([N+](=O)[O-])C=C1. The molecule has 1 unspecified atom stereocenters. The zero-order valence-corrected chi connectivity index (χ0v) is 7.19. The van der Waals surface area contributed by atoms with E-state index in [-0.39, 0.29) is 6.42 Å². The predicted molar refractivity (Wildman–Crippen MR) is 45.9 cm³/mol. The van der Waals surface area contributed by atoms with Crippen molar-refractivity contribution in [2.45, 2.75) is 12.1 Å². The molecule has 0 saturated heterocycles. The third kappa shape index (κ3) is 1.62. The average Bonchev–Trinajstić information content (AvgIpc) is 2.04. The van der Waals surface area contributed by atoms with Gasteiger partial charge in [-0.25, -0.2) is 0 Å². The van der Waals surface area contributed by atoms with Crippen molar-refractivity contribution in [3.05, 3.63) is 33.7 Å². The zero-order chi connectivity index (χ0) is 10.1. The van der Waals surface area contributed by atoms with E-state index < -0.39 is 10.6 Å². The molecular formula is C7H11N3O3. The van der Waals surface area contributed by atoms with Crippen LogP contribution in [0.5, 0.6) is 0 Å². The summed E-state index contributed by atoms with van der Waals surface area (Å²) in [5.74, 6) is 0.433. The van der Waals surface area contributed by atoms with E-state index in [1.165, 1.54) is 19.3 Å². The van der Waals surface area contributed by atoms with Crippen LogP contribution in [0.25, 0.3) is 0 Å². The highest BCUT2D eigenvalue weighted by molar-refractivity contribution is 5.27. The Bertz CT molecular complexity index is 297. The molecule has 0 aliphatic heterocycles. The number of rotatable bonds is 2. The number of methoxy groups -OCH3 is 1. The van der Waals surface area contributed by atoms with Crippen molar-refractivity contribution in [1.29, 1.82) is 0 Å². The van der Waals surface area contributed by atoms with Crippen LogP contribution in [0, 0.1) is 10.1 Å². The first-order valence-corrected chi connectivity index (χ1v) is 3.65. The summed E-state index contributed by atoms with van der Waals surface area (Å²) in [4.78, 5) is 9.96. The van der Waals surface area contributed by atoms with Gasteiger partial charge in [-0.15, -0.1) is 0 Å². The molecular weight excluding hydrogens is 174 g/mol. The smallest absolute Gasteiger partial charge is 0.297 e. The first-order valence-electron chi connectivity index (χ1n) is 3.65. The molecule has 0 spiro atoms. The molecule has 6 nitrogen and oxygen atoms in total. The molecule has 1 aliphatic carbocycles. The predicted octanol–water partition coefficient (Wildman–Crippen LogP) is -0.305. The van der Waals surface area contributed by atoms with Crippen LogP contribution < -0.4 is 11.5 Å². The normalized spacial score (nSPS) is 27.5. The van der Waals surface area contributed by atoms with Crippen molar-refractivity contribution in [1.82, 2.24) is 0 Å². The van der Waals surface area contributed by atoms with Crippen LogP contribution in [-0.2, 0) is 4.74 Å². The molecule has 1 aliphatic rings. The van der Waals surface area contributed by atoms with Gasteiger partial charge in [-0.3, -0.25) is 15.8 Å². The van der Waals surface area contributed by atoms with Crippen molar-refractivity contribution in [2.75, 3.05) is 7.11 Å². The largest absolute Gasteiger partial charge is 0.495 e. The molecule has 1 atom stereocenters. The third-order valence-electron chi connectivity index (χ3n) is 1.87. The molecule has 4 N–H and O–H groups in total. The minimum Gasteiger partial charge on any atom is -0.495 e. The summed E-state index contributed by atoms with van der Waals surface area (Å²) in [6.45, 7) is 0. The minimum absolute atomic E-state index is 0.0281. The molecule has 1 rings (SSSR count). The quantitative estimate of drug-likeness (QED) is 0.349. The maximum Gasteiger partial charge on any atom is 0.297 e. The Balaban J connectivity index is 2.92. The van der Waals surface area contributed by atoms with E-state index in [1.54, 1.807) is 0 Å². The highest BCUT2D eigenvalue weighted by Crippen LogP contribution is 2.22. The van der Waals surface area contributed by atoms with Gasteiger partial charge < -0.3 is 10.5 Å². The van der Waals surface area contributed by atoms with E-state index in [0.717, 1.165) is 0 Å². The molecule has 0 fully saturated rings. The lowest BCUT2D eigenvalue weighted by molar-refractivity contribution is -0.554. The highest BCUT2D eigenvalue weighted by Gasteiger charge is 2.38. The maximum absolute atomic E-state index is 10.5. The summed E-state index contributed by atoms with van der Waals surface area (Å²) >= 11 is 0. The molecule has 0 aromatic rings. The first kappa shape index (κ1) is 9.53. The Kier molecular flexibility index (Phi) is 2.24. The Morgan fingerprint density at radius 2 is 2.38 bits per heavy atom. The van der Waals surface area contributed by atoms with Gasteiger partial charge in [-0.1, -0.05) is 0 Å². The summed E-state index contributed by atoms with van der Waals surface area (Å²) in [5.41, 5.74) is 9.68. The second kappa shape index (κ2) is 3.06. The topological polar surface area (TPSA) is 104 Å². The molecule has 0 saturated carbocycles. The van der Waals surface area contributed by atoms with E-state index in [1.807, 2.05) is 0 Å². The Hall–Kier alpha value is -1.56. The van der Waals surface area contributed by atoms with Gasteiger partial charge in [0.05, 0.1) is 19.2 Å². The maximum atomic E-state index is 10.5. The second-order valence-electron chi connectivity index (χ2n) is 2.85. The zero-order valence-electron chi connectivity index (χ0n) is 7.19. The summed E-state index contributed by atoms with van der Waals surface area (Å²) < 4.78 is 4.87. The summed E-state index contributed by atoms with van der Waals surface area (Å²) in [6.07, 6.45) is 2.67. The number of nitrogens with two attached hydrogens (primary N) is 2. The van der Waals surface area contributed by atoms with Crippen molar-refractivity contribution in [2.24, 2.45) is 11.5 Å². The third-order valence-corrected chi connectivity index (χ3v) is 1.87. The van der Waals surface area contributed by atoms with Crippen LogP contribution in [0.2, 0.25) is 0 Å². The summed E-state index contributed by atoms with van der Waals surface area (Å²) in [5, 5.41) is 10.5. The van der Waals surface area contributed by atoms with Gasteiger partial charge in [0.2, 0.25) is 0 Å². The van der Waals surface area contributed by atoms with E-state index in [2.05, 4.69) is 0 Å². The standard InChI is InChI=1S/C7H11N3O3/c1-13-6-2-3-7(9,10(11)12)4-5(6)8/h2-3H,4,8-9H2,1H3. The summed E-state index contributed by atoms with van der Waals surface area (Å²) in [6, 6.07) is 0. The fraction of sp³-hybridized carbons (Fsp3) is 0.429. The first-order chi connectivity index (χ1) is 5.99. The Labute approximate surface area is 75.0 Å². The molecule has 0 amide bonds. The average molecular weight is 185 g/mol. The van der Waals surface area contributed by atoms with E-state index >= 15 is 0 Å². The fourth-order valence-electron chi connectivity index (χ4n) is 1.10. The number of allylic oxidation sites excluding steroid dienone is 1. The van der Waals surface area contributed by atoms with Crippen molar-refractivity contribution < 1.29 is 9.66 Å². The van der Waals surface area contributed by atoms with E-state index in [9.17, 15) is 10.1 Å². The van der Waals surface area contributed by atoms with E-state index in [0.29, 0.717) is 11.5 Å². The lowest BCUT2D eigenvalue weighted by Crippen LogP contribution is -2.48. The van der Waals surface area contributed by atoms with Crippen LogP contribution in [0.3, 0.4) is 0 Å². The van der Waals surface area contributed by atoms with Gasteiger partial charge in [0.25, 0.3) is 5.66 Å². The van der Waals surface area contributed by atoms with Crippen LogP contribution in [0.15, 0.2) is 23.6 Å². The van der Waals surface area contributed by atoms with Crippen molar-refractivity contribution in [3.63, 3.8) is 0 Å². The van der Waals surface area contributed by atoms with Crippen LogP contribution in [0.1, 0.15) is 6.42 Å². The number of nitro groups is 1. The van der Waals surface area contributed by atoms with Gasteiger partial charge in [0.15, 0.2) is 0 Å². The highest BCUT2D eigenvalue weighted by atomic mass is 16.6. The van der Waals surface area contributed by atoms with Gasteiger partial charge in [-0.05, 0) is 6.08 Å². The van der Waals surface area contributed by atoms with Crippen LogP contribution in [0.4, 0.5) is 0 Å². The van der Waals surface area contributed by atoms with Crippen LogP contribution >= 0.6 is 0 Å². The molecule has 13 heavy (non-hydrogen) atoms. The lowest BCUT2D eigenvalue weighted by atomic mass is 9.99. The second-order valence-corrected chi connectivity index (χ2v) is 2.85. The molecule has 6 heteroatoms. The van der Waals surface area contributed by atoms with Crippen molar-refractivity contribution >= 4 is 0 Å². The molecule has 0 heterocycles.